The fourth-order valence-corrected chi connectivity index (χ4v) is 3.01. The summed E-state index contributed by atoms with van der Waals surface area (Å²) in [6.45, 7) is 1.82. The van der Waals surface area contributed by atoms with Crippen molar-refractivity contribution < 1.29 is 4.79 Å². The maximum Gasteiger partial charge on any atom is 0.270 e. The molecule has 16 heavy (non-hydrogen) atoms. The monoisotopic (exact) mass is 234 g/mol. The SMILES string of the molecule is O=C(c1cc2sccc2[nH]1)N1CCCCC1. The Morgan fingerprint density at radius 3 is 2.88 bits per heavy atom. The van der Waals surface area contributed by atoms with E-state index in [1.807, 2.05) is 22.4 Å². The molecule has 1 amide bonds. The number of piperidine rings is 1. The number of carbonyl (C=O) groups is 1. The summed E-state index contributed by atoms with van der Waals surface area (Å²) < 4.78 is 1.17. The van der Waals surface area contributed by atoms with E-state index in [1.54, 1.807) is 11.3 Å². The smallest absolute Gasteiger partial charge is 0.270 e. The zero-order valence-electron chi connectivity index (χ0n) is 9.03. The van der Waals surface area contributed by atoms with E-state index in [2.05, 4.69) is 4.98 Å². The Morgan fingerprint density at radius 1 is 1.31 bits per heavy atom. The molecule has 0 aromatic carbocycles. The molecule has 1 N–H and O–H groups in total. The van der Waals surface area contributed by atoms with Gasteiger partial charge in [-0.15, -0.1) is 11.3 Å². The molecule has 1 aliphatic heterocycles. The van der Waals surface area contributed by atoms with Crippen LogP contribution in [0.1, 0.15) is 29.8 Å². The maximum atomic E-state index is 12.2. The molecule has 1 fully saturated rings. The number of aromatic nitrogens is 1. The van der Waals surface area contributed by atoms with E-state index in [-0.39, 0.29) is 5.91 Å². The fourth-order valence-electron chi connectivity index (χ4n) is 2.23. The molecule has 0 radical (unpaired) electrons. The van der Waals surface area contributed by atoms with Crippen LogP contribution in [-0.4, -0.2) is 28.9 Å². The third kappa shape index (κ3) is 1.63. The van der Waals surface area contributed by atoms with Crippen molar-refractivity contribution in [1.29, 1.82) is 0 Å². The summed E-state index contributed by atoms with van der Waals surface area (Å²) in [4.78, 5) is 17.3. The predicted octanol–water partition coefficient (Wildman–Crippen LogP) is 2.86. The van der Waals surface area contributed by atoms with Crippen LogP contribution >= 0.6 is 11.3 Å². The molecule has 0 bridgehead atoms. The highest BCUT2D eigenvalue weighted by atomic mass is 32.1. The average Bonchev–Trinajstić information content (AvgIpc) is 2.89. The highest BCUT2D eigenvalue weighted by Crippen LogP contribution is 2.22. The molecule has 0 unspecified atom stereocenters. The van der Waals surface area contributed by atoms with Crippen LogP contribution in [0.2, 0.25) is 0 Å². The Bertz CT molecular complexity index is 479. The largest absolute Gasteiger partial charge is 0.350 e. The van der Waals surface area contributed by atoms with Crippen LogP contribution in [0.3, 0.4) is 0 Å². The second-order valence-corrected chi connectivity index (χ2v) is 5.18. The van der Waals surface area contributed by atoms with E-state index >= 15 is 0 Å². The standard InChI is InChI=1S/C12H14N2OS/c15-12(14-5-2-1-3-6-14)10-8-11-9(13-10)4-7-16-11/h4,7-8,13H,1-3,5-6H2. The number of rotatable bonds is 1. The third-order valence-electron chi connectivity index (χ3n) is 3.11. The number of amides is 1. The van der Waals surface area contributed by atoms with Crippen LogP contribution in [0.5, 0.6) is 0 Å². The summed E-state index contributed by atoms with van der Waals surface area (Å²) in [6, 6.07) is 3.99. The summed E-state index contributed by atoms with van der Waals surface area (Å²) in [5.74, 6) is 0.156. The number of H-pyrrole nitrogens is 1. The van der Waals surface area contributed by atoms with Crippen LogP contribution in [0.4, 0.5) is 0 Å². The van der Waals surface area contributed by atoms with Gasteiger partial charge in [0, 0.05) is 13.1 Å². The molecule has 2 aromatic heterocycles. The van der Waals surface area contributed by atoms with E-state index in [1.165, 1.54) is 11.1 Å². The average molecular weight is 234 g/mol. The Morgan fingerprint density at radius 2 is 2.12 bits per heavy atom. The molecule has 0 saturated carbocycles. The van der Waals surface area contributed by atoms with Gasteiger partial charge in [-0.05, 0) is 36.8 Å². The summed E-state index contributed by atoms with van der Waals surface area (Å²) >= 11 is 1.67. The molecule has 2 aromatic rings. The molecule has 3 rings (SSSR count). The van der Waals surface area contributed by atoms with E-state index in [0.717, 1.165) is 37.1 Å². The quantitative estimate of drug-likeness (QED) is 0.809. The van der Waals surface area contributed by atoms with Gasteiger partial charge in [0.1, 0.15) is 5.69 Å². The van der Waals surface area contributed by atoms with Crippen LogP contribution in [0, 0.1) is 0 Å². The molecule has 3 nitrogen and oxygen atoms in total. The first-order valence-corrected chi connectivity index (χ1v) is 6.58. The van der Waals surface area contributed by atoms with E-state index < -0.39 is 0 Å². The van der Waals surface area contributed by atoms with E-state index in [9.17, 15) is 4.79 Å². The Balaban J connectivity index is 1.86. The van der Waals surface area contributed by atoms with Crippen molar-refractivity contribution in [2.24, 2.45) is 0 Å². The second kappa shape index (κ2) is 3.94. The van der Waals surface area contributed by atoms with E-state index in [0.29, 0.717) is 0 Å². The van der Waals surface area contributed by atoms with Gasteiger partial charge in [-0.2, -0.15) is 0 Å². The lowest BCUT2D eigenvalue weighted by Crippen LogP contribution is -2.35. The summed E-state index contributed by atoms with van der Waals surface area (Å²) in [5.41, 5.74) is 1.81. The molecule has 1 aliphatic rings. The van der Waals surface area contributed by atoms with E-state index in [4.69, 9.17) is 0 Å². The molecule has 84 valence electrons. The number of nitrogens with zero attached hydrogens (tertiary/aromatic N) is 1. The highest BCUT2D eigenvalue weighted by Gasteiger charge is 2.19. The lowest BCUT2D eigenvalue weighted by atomic mass is 10.1. The zero-order chi connectivity index (χ0) is 11.0. The van der Waals surface area contributed by atoms with Crippen LogP contribution < -0.4 is 0 Å². The van der Waals surface area contributed by atoms with Crippen molar-refractivity contribution in [3.63, 3.8) is 0 Å². The van der Waals surface area contributed by atoms with Crippen molar-refractivity contribution in [1.82, 2.24) is 9.88 Å². The van der Waals surface area contributed by atoms with Gasteiger partial charge in [-0.1, -0.05) is 0 Å². The topological polar surface area (TPSA) is 36.1 Å². The lowest BCUT2D eigenvalue weighted by Gasteiger charge is -2.26. The summed E-state index contributed by atoms with van der Waals surface area (Å²) in [5, 5.41) is 2.04. The first-order valence-electron chi connectivity index (χ1n) is 5.70. The minimum atomic E-state index is 0.156. The van der Waals surface area contributed by atoms with Gasteiger partial charge in [0.15, 0.2) is 0 Å². The van der Waals surface area contributed by atoms with Gasteiger partial charge < -0.3 is 9.88 Å². The molecule has 3 heterocycles. The molecular formula is C12H14N2OS. The Labute approximate surface area is 98.1 Å². The van der Waals surface area contributed by atoms with Crippen molar-refractivity contribution in [2.45, 2.75) is 19.3 Å². The number of aromatic amines is 1. The van der Waals surface area contributed by atoms with Crippen LogP contribution in [0.25, 0.3) is 10.2 Å². The summed E-state index contributed by atoms with van der Waals surface area (Å²) in [6.07, 6.45) is 3.53. The number of hydrogen-bond donors (Lipinski definition) is 1. The van der Waals surface area contributed by atoms with Gasteiger partial charge in [-0.25, -0.2) is 0 Å². The second-order valence-electron chi connectivity index (χ2n) is 4.23. The van der Waals surface area contributed by atoms with Gasteiger partial charge in [0.2, 0.25) is 0 Å². The molecule has 1 saturated heterocycles. The number of nitrogens with one attached hydrogen (secondary N) is 1. The number of likely N-dealkylation sites (tertiary alicyclic amines) is 1. The van der Waals surface area contributed by atoms with Crippen molar-refractivity contribution in [3.05, 3.63) is 23.2 Å². The first kappa shape index (κ1) is 9.90. The highest BCUT2D eigenvalue weighted by molar-refractivity contribution is 7.17. The van der Waals surface area contributed by atoms with Crippen molar-refractivity contribution >= 4 is 27.5 Å². The van der Waals surface area contributed by atoms with Crippen LogP contribution in [-0.2, 0) is 0 Å². The fraction of sp³-hybridized carbons (Fsp3) is 0.417. The van der Waals surface area contributed by atoms with Crippen molar-refractivity contribution in [2.75, 3.05) is 13.1 Å². The summed E-state index contributed by atoms with van der Waals surface area (Å²) in [7, 11) is 0. The molecule has 0 aliphatic carbocycles. The molecular weight excluding hydrogens is 220 g/mol. The number of thiophene rings is 1. The lowest BCUT2D eigenvalue weighted by molar-refractivity contribution is 0.0719. The minimum absolute atomic E-state index is 0.156. The number of fused-ring (bicyclic) bond motifs is 1. The normalized spacial score (nSPS) is 16.9. The maximum absolute atomic E-state index is 12.2. The van der Waals surface area contributed by atoms with Gasteiger partial charge in [0.25, 0.3) is 5.91 Å². The third-order valence-corrected chi connectivity index (χ3v) is 3.98. The molecule has 4 heteroatoms. The van der Waals surface area contributed by atoms with Gasteiger partial charge in [0.05, 0.1) is 10.2 Å². The Kier molecular flexibility index (Phi) is 2.44. The zero-order valence-corrected chi connectivity index (χ0v) is 9.85. The molecule has 0 spiro atoms. The van der Waals surface area contributed by atoms with Crippen LogP contribution in [0.15, 0.2) is 17.5 Å². The number of hydrogen-bond acceptors (Lipinski definition) is 2. The molecule has 0 atom stereocenters. The van der Waals surface area contributed by atoms with Gasteiger partial charge in [-0.3, -0.25) is 4.79 Å². The number of carbonyl (C=O) groups excluding carboxylic acids is 1. The first-order chi connectivity index (χ1) is 7.84. The van der Waals surface area contributed by atoms with Gasteiger partial charge >= 0.3 is 0 Å². The Hall–Kier alpha value is -1.29. The minimum Gasteiger partial charge on any atom is -0.350 e. The predicted molar refractivity (Wildman–Crippen MR) is 65.9 cm³/mol. The van der Waals surface area contributed by atoms with Crippen molar-refractivity contribution in [3.8, 4) is 0 Å².